The van der Waals surface area contributed by atoms with E-state index in [1.807, 2.05) is 6.07 Å². The first-order chi connectivity index (χ1) is 14.8. The molecule has 3 heterocycles. The summed E-state index contributed by atoms with van der Waals surface area (Å²) in [4.78, 5) is 21.6. The number of anilines is 1. The fourth-order valence-electron chi connectivity index (χ4n) is 4.32. The summed E-state index contributed by atoms with van der Waals surface area (Å²) in [7, 11) is -4.58. The van der Waals surface area contributed by atoms with Crippen LogP contribution >= 0.6 is 0 Å². The molecule has 0 radical (unpaired) electrons. The molecule has 0 spiro atoms. The van der Waals surface area contributed by atoms with Crippen LogP contribution in [0, 0.1) is 11.3 Å². The molecule has 1 N–H and O–H groups in total. The van der Waals surface area contributed by atoms with Crippen LogP contribution in [0.2, 0.25) is 0 Å². The number of piperidine rings is 1. The van der Waals surface area contributed by atoms with Crippen LogP contribution in [0.15, 0.2) is 17.1 Å². The fourth-order valence-corrected chi connectivity index (χ4v) is 5.27. The van der Waals surface area contributed by atoms with E-state index in [2.05, 4.69) is 15.3 Å². The number of fused-ring (bicyclic) bond motifs is 1. The monoisotopic (exact) mass is 452 g/mol. The molecule has 2 aromatic rings. The molecule has 31 heavy (non-hydrogen) atoms. The second kappa shape index (κ2) is 8.47. The van der Waals surface area contributed by atoms with Gasteiger partial charge in [-0.15, -0.1) is 0 Å². The minimum absolute atomic E-state index is 0.0176. The zero-order valence-corrected chi connectivity index (χ0v) is 17.5. The third kappa shape index (κ3) is 4.12. The number of aromatic nitrogens is 3. The Balaban J connectivity index is 1.58. The molecule has 1 saturated carbocycles. The maximum Gasteiger partial charge on any atom is 0.350 e. The summed E-state index contributed by atoms with van der Waals surface area (Å²) in [6.07, 6.45) is 5.90. The summed E-state index contributed by atoms with van der Waals surface area (Å²) in [5.74, 6) is -3.15. The van der Waals surface area contributed by atoms with Gasteiger partial charge in [-0.25, -0.2) is 13.4 Å². The lowest BCUT2D eigenvalue weighted by atomic mass is 10.1. The first-order valence-electron chi connectivity index (χ1n) is 10.2. The zero-order valence-electron chi connectivity index (χ0n) is 16.7. The number of nitriles is 1. The van der Waals surface area contributed by atoms with Crippen molar-refractivity contribution in [2.45, 2.75) is 56.4 Å². The SMILES string of the molecule is N#Cc1cc2cnc(NC3CCN(S(=O)(=O)C(F)F)CC3)nc2n(C2CCCC2)c1=O. The molecule has 4 rings (SSSR count). The van der Waals surface area contributed by atoms with Crippen LogP contribution in [0.5, 0.6) is 0 Å². The predicted octanol–water partition coefficient (Wildman–Crippen LogP) is 2.21. The van der Waals surface area contributed by atoms with Crippen molar-refractivity contribution in [2.75, 3.05) is 18.4 Å². The van der Waals surface area contributed by atoms with Crippen molar-refractivity contribution in [1.29, 1.82) is 5.26 Å². The Morgan fingerprint density at radius 2 is 1.87 bits per heavy atom. The van der Waals surface area contributed by atoms with Crippen molar-refractivity contribution in [3.63, 3.8) is 0 Å². The molecule has 0 amide bonds. The molecule has 2 aliphatic rings. The van der Waals surface area contributed by atoms with Crippen LogP contribution in [0.4, 0.5) is 14.7 Å². The fraction of sp³-hybridized carbons (Fsp3) is 0.579. The third-order valence-corrected chi connectivity index (χ3v) is 7.49. The van der Waals surface area contributed by atoms with Crippen molar-refractivity contribution < 1.29 is 17.2 Å². The number of hydrogen-bond acceptors (Lipinski definition) is 7. The van der Waals surface area contributed by atoms with Gasteiger partial charge in [-0.2, -0.15) is 23.3 Å². The number of hydrogen-bond donors (Lipinski definition) is 1. The van der Waals surface area contributed by atoms with Crippen LogP contribution in [-0.4, -0.2) is 52.1 Å². The van der Waals surface area contributed by atoms with Crippen LogP contribution in [-0.2, 0) is 10.0 Å². The minimum atomic E-state index is -4.58. The molecule has 2 fully saturated rings. The van der Waals surface area contributed by atoms with Crippen molar-refractivity contribution >= 4 is 27.0 Å². The van der Waals surface area contributed by atoms with E-state index >= 15 is 0 Å². The van der Waals surface area contributed by atoms with Gasteiger partial charge in [-0.3, -0.25) is 9.36 Å². The average molecular weight is 452 g/mol. The van der Waals surface area contributed by atoms with Gasteiger partial charge in [0.15, 0.2) is 0 Å². The highest BCUT2D eigenvalue weighted by Gasteiger charge is 2.35. The molecule has 12 heteroatoms. The van der Waals surface area contributed by atoms with Crippen LogP contribution in [0.3, 0.4) is 0 Å². The summed E-state index contributed by atoms with van der Waals surface area (Å²) < 4.78 is 51.1. The first kappa shape index (κ1) is 21.6. The summed E-state index contributed by atoms with van der Waals surface area (Å²) >= 11 is 0. The number of nitrogens with zero attached hydrogens (tertiary/aromatic N) is 5. The molecule has 0 bridgehead atoms. The van der Waals surface area contributed by atoms with Gasteiger partial charge < -0.3 is 5.32 Å². The smallest absolute Gasteiger partial charge is 0.350 e. The van der Waals surface area contributed by atoms with E-state index in [0.29, 0.717) is 23.9 Å². The predicted molar refractivity (Wildman–Crippen MR) is 109 cm³/mol. The highest BCUT2D eigenvalue weighted by Crippen LogP contribution is 2.31. The molecule has 0 atom stereocenters. The Bertz CT molecular complexity index is 1180. The number of nitrogens with one attached hydrogen (secondary N) is 1. The Morgan fingerprint density at radius 3 is 2.48 bits per heavy atom. The zero-order chi connectivity index (χ0) is 22.2. The van der Waals surface area contributed by atoms with E-state index in [-0.39, 0.29) is 42.2 Å². The molecule has 1 aliphatic carbocycles. The van der Waals surface area contributed by atoms with E-state index in [1.54, 1.807) is 10.8 Å². The van der Waals surface area contributed by atoms with Crippen LogP contribution in [0.1, 0.15) is 50.1 Å². The molecule has 2 aromatic heterocycles. The number of halogens is 2. The van der Waals surface area contributed by atoms with Crippen molar-refractivity contribution in [2.24, 2.45) is 0 Å². The normalized spacial score (nSPS) is 19.2. The Kier molecular flexibility index (Phi) is 5.90. The van der Waals surface area contributed by atoms with E-state index in [1.165, 1.54) is 6.07 Å². The van der Waals surface area contributed by atoms with Crippen molar-refractivity contribution in [1.82, 2.24) is 18.8 Å². The lowest BCUT2D eigenvalue weighted by molar-refractivity contribution is 0.212. The summed E-state index contributed by atoms with van der Waals surface area (Å²) in [5.41, 5.74) is 0.138. The van der Waals surface area contributed by atoms with Crippen LogP contribution in [0.25, 0.3) is 11.0 Å². The summed E-state index contributed by atoms with van der Waals surface area (Å²) in [6.45, 7) is -0.0353. The molecular weight excluding hydrogens is 430 g/mol. The number of alkyl halides is 2. The molecule has 166 valence electrons. The van der Waals surface area contributed by atoms with Crippen molar-refractivity contribution in [3.05, 3.63) is 28.2 Å². The largest absolute Gasteiger partial charge is 0.351 e. The standard InChI is InChI=1S/C19H22F2N6O3S/c20-18(21)31(29,30)26-7-5-14(6-8-26)24-19-23-11-13-9-12(10-22)17(28)27(16(13)25-19)15-3-1-2-4-15/h9,11,14-15,18H,1-8H2,(H,23,24,25). The van der Waals surface area contributed by atoms with Gasteiger partial charge in [-0.1, -0.05) is 12.8 Å². The third-order valence-electron chi connectivity index (χ3n) is 5.96. The Hall–Kier alpha value is -2.65. The van der Waals surface area contributed by atoms with Crippen LogP contribution < -0.4 is 10.9 Å². The second-order valence-corrected chi connectivity index (χ2v) is 9.78. The lowest BCUT2D eigenvalue weighted by Gasteiger charge is -2.31. The number of pyridine rings is 1. The molecule has 1 saturated heterocycles. The molecule has 1 aliphatic heterocycles. The second-order valence-electron chi connectivity index (χ2n) is 7.88. The van der Waals surface area contributed by atoms with Gasteiger partial charge in [0.2, 0.25) is 5.95 Å². The van der Waals surface area contributed by atoms with Gasteiger partial charge in [0.25, 0.3) is 15.6 Å². The van der Waals surface area contributed by atoms with Gasteiger partial charge >= 0.3 is 5.76 Å². The number of rotatable bonds is 5. The molecule has 0 unspecified atom stereocenters. The highest BCUT2D eigenvalue weighted by atomic mass is 32.2. The Morgan fingerprint density at radius 1 is 1.19 bits per heavy atom. The van der Waals surface area contributed by atoms with Gasteiger partial charge in [0.05, 0.1) is 0 Å². The number of sulfonamides is 1. The summed E-state index contributed by atoms with van der Waals surface area (Å²) in [6, 6.07) is 3.22. The minimum Gasteiger partial charge on any atom is -0.351 e. The average Bonchev–Trinajstić information content (AvgIpc) is 3.28. The van der Waals surface area contributed by atoms with Gasteiger partial charge in [0.1, 0.15) is 17.3 Å². The molecule has 9 nitrogen and oxygen atoms in total. The van der Waals surface area contributed by atoms with E-state index in [0.717, 1.165) is 30.0 Å². The molecule has 0 aromatic carbocycles. The van der Waals surface area contributed by atoms with Gasteiger partial charge in [-0.05, 0) is 31.7 Å². The van der Waals surface area contributed by atoms with E-state index in [9.17, 15) is 27.3 Å². The maximum absolute atomic E-state index is 12.8. The van der Waals surface area contributed by atoms with Crippen molar-refractivity contribution in [3.8, 4) is 6.07 Å². The first-order valence-corrected chi connectivity index (χ1v) is 11.7. The quantitative estimate of drug-likeness (QED) is 0.738. The maximum atomic E-state index is 12.8. The van der Waals surface area contributed by atoms with Gasteiger partial charge in [0, 0.05) is 36.8 Å². The highest BCUT2D eigenvalue weighted by molar-refractivity contribution is 7.89. The molecular formula is C19H22F2N6O3S. The van der Waals surface area contributed by atoms with E-state index in [4.69, 9.17) is 0 Å². The van der Waals surface area contributed by atoms with E-state index < -0.39 is 15.8 Å². The topological polar surface area (TPSA) is 121 Å². The Labute approximate surface area is 177 Å². The summed E-state index contributed by atoms with van der Waals surface area (Å²) in [5, 5.41) is 13.0. The lowest BCUT2D eigenvalue weighted by Crippen LogP contribution is -2.44.